The van der Waals surface area contributed by atoms with Gasteiger partial charge in [-0.2, -0.15) is 0 Å². The smallest absolute Gasteiger partial charge is 0.193 e. The third-order valence-corrected chi connectivity index (χ3v) is 4.29. The first-order valence-corrected chi connectivity index (χ1v) is 7.97. The van der Waals surface area contributed by atoms with Gasteiger partial charge < -0.3 is 10.1 Å². The lowest BCUT2D eigenvalue weighted by molar-refractivity contribution is 0.399. The van der Waals surface area contributed by atoms with E-state index in [0.29, 0.717) is 0 Å². The summed E-state index contributed by atoms with van der Waals surface area (Å²) in [5, 5.41) is 5.58. The van der Waals surface area contributed by atoms with E-state index in [-0.39, 0.29) is 6.04 Å². The number of ether oxygens (including phenoxy) is 1. The highest BCUT2D eigenvalue weighted by molar-refractivity contribution is 7.15. The fraction of sp³-hybridized carbons (Fsp3) is 0.312. The summed E-state index contributed by atoms with van der Waals surface area (Å²) in [6.07, 6.45) is 5.00. The molecule has 1 atom stereocenters. The highest BCUT2D eigenvalue weighted by atomic mass is 32.1. The molecule has 0 saturated carbocycles. The van der Waals surface area contributed by atoms with Gasteiger partial charge in [0.1, 0.15) is 5.75 Å². The molecule has 110 valence electrons. The van der Waals surface area contributed by atoms with E-state index in [2.05, 4.69) is 33.9 Å². The largest absolute Gasteiger partial charge is 0.496 e. The monoisotopic (exact) mass is 301 g/mol. The van der Waals surface area contributed by atoms with Gasteiger partial charge in [-0.1, -0.05) is 25.1 Å². The van der Waals surface area contributed by atoms with Gasteiger partial charge in [-0.25, -0.2) is 4.98 Å². The van der Waals surface area contributed by atoms with Crippen molar-refractivity contribution in [3.8, 4) is 5.75 Å². The minimum absolute atomic E-state index is 0.204. The topological polar surface area (TPSA) is 38.6 Å². The molecule has 5 heteroatoms. The molecule has 1 aromatic carbocycles. The van der Waals surface area contributed by atoms with Crippen LogP contribution in [0.1, 0.15) is 24.2 Å². The standard InChI is InChI=1S/C16H19N3OS/c1-3-17-14(13-6-4-5-7-15(13)20-2)10-12-11-19-8-9-21-16(19)18-12/h4-9,11,14,17H,3,10H2,1-2H3. The summed E-state index contributed by atoms with van der Waals surface area (Å²) in [6.45, 7) is 3.03. The van der Waals surface area contributed by atoms with Crippen LogP contribution in [0.4, 0.5) is 0 Å². The zero-order chi connectivity index (χ0) is 14.7. The van der Waals surface area contributed by atoms with E-state index in [1.807, 2.05) is 29.8 Å². The van der Waals surface area contributed by atoms with Gasteiger partial charge in [-0.15, -0.1) is 11.3 Å². The molecule has 4 nitrogen and oxygen atoms in total. The van der Waals surface area contributed by atoms with Crippen molar-refractivity contribution in [1.29, 1.82) is 0 Å². The number of nitrogens with one attached hydrogen (secondary N) is 1. The molecule has 1 unspecified atom stereocenters. The molecule has 1 N–H and O–H groups in total. The highest BCUT2D eigenvalue weighted by Gasteiger charge is 2.17. The van der Waals surface area contributed by atoms with Crippen molar-refractivity contribution in [3.05, 3.63) is 53.3 Å². The number of hydrogen-bond acceptors (Lipinski definition) is 4. The summed E-state index contributed by atoms with van der Waals surface area (Å²) in [4.78, 5) is 5.72. The number of aromatic nitrogens is 2. The molecule has 2 aromatic heterocycles. The molecule has 0 saturated heterocycles. The molecule has 0 bridgehead atoms. The second-order valence-electron chi connectivity index (χ2n) is 4.88. The quantitative estimate of drug-likeness (QED) is 0.759. The zero-order valence-electron chi connectivity index (χ0n) is 12.2. The van der Waals surface area contributed by atoms with Crippen LogP contribution in [0, 0.1) is 0 Å². The molecule has 0 fully saturated rings. The fourth-order valence-corrected chi connectivity index (χ4v) is 3.30. The Morgan fingerprint density at radius 1 is 1.38 bits per heavy atom. The Kier molecular flexibility index (Phi) is 4.22. The van der Waals surface area contributed by atoms with Gasteiger partial charge in [-0.05, 0) is 12.6 Å². The molecule has 0 aliphatic rings. The maximum atomic E-state index is 5.49. The lowest BCUT2D eigenvalue weighted by Gasteiger charge is -2.19. The molecule has 3 aromatic rings. The van der Waals surface area contributed by atoms with Crippen LogP contribution in [0.5, 0.6) is 5.75 Å². The van der Waals surface area contributed by atoms with Gasteiger partial charge in [0.25, 0.3) is 0 Å². The van der Waals surface area contributed by atoms with Gasteiger partial charge in [-0.3, -0.25) is 4.40 Å². The van der Waals surface area contributed by atoms with Crippen molar-refractivity contribution >= 4 is 16.3 Å². The van der Waals surface area contributed by atoms with E-state index in [1.165, 1.54) is 5.56 Å². The van der Waals surface area contributed by atoms with E-state index in [9.17, 15) is 0 Å². The number of imidazole rings is 1. The Hall–Kier alpha value is -1.85. The Balaban J connectivity index is 1.88. The number of hydrogen-bond donors (Lipinski definition) is 1. The molecule has 0 aliphatic heterocycles. The number of fused-ring (bicyclic) bond motifs is 1. The number of thiazole rings is 1. The first-order chi connectivity index (χ1) is 10.3. The molecular weight excluding hydrogens is 282 g/mol. The van der Waals surface area contributed by atoms with Crippen LogP contribution in [0.25, 0.3) is 4.96 Å². The zero-order valence-corrected chi connectivity index (χ0v) is 13.1. The van der Waals surface area contributed by atoms with Crippen molar-refractivity contribution in [1.82, 2.24) is 14.7 Å². The van der Waals surface area contributed by atoms with Crippen molar-refractivity contribution in [2.24, 2.45) is 0 Å². The molecule has 2 heterocycles. The lowest BCUT2D eigenvalue weighted by atomic mass is 10.0. The predicted octanol–water partition coefficient (Wildman–Crippen LogP) is 3.30. The van der Waals surface area contributed by atoms with Gasteiger partial charge >= 0.3 is 0 Å². The van der Waals surface area contributed by atoms with Gasteiger partial charge in [0.05, 0.1) is 12.8 Å². The van der Waals surface area contributed by atoms with E-state index < -0.39 is 0 Å². The summed E-state index contributed by atoms with van der Waals surface area (Å²) in [5.74, 6) is 0.921. The summed E-state index contributed by atoms with van der Waals surface area (Å²) < 4.78 is 7.57. The third-order valence-electron chi connectivity index (χ3n) is 3.52. The molecule has 0 spiro atoms. The average Bonchev–Trinajstić information content (AvgIpc) is 3.08. The molecule has 0 amide bonds. The minimum atomic E-state index is 0.204. The summed E-state index contributed by atoms with van der Waals surface area (Å²) in [6, 6.07) is 8.37. The summed E-state index contributed by atoms with van der Waals surface area (Å²) in [7, 11) is 1.72. The van der Waals surface area contributed by atoms with Crippen molar-refractivity contribution in [3.63, 3.8) is 0 Å². The van der Waals surface area contributed by atoms with Crippen LogP contribution in [0.15, 0.2) is 42.0 Å². The number of benzene rings is 1. The number of nitrogens with zero attached hydrogens (tertiary/aromatic N) is 2. The van der Waals surface area contributed by atoms with E-state index in [1.54, 1.807) is 18.4 Å². The highest BCUT2D eigenvalue weighted by Crippen LogP contribution is 2.27. The second kappa shape index (κ2) is 6.28. The summed E-state index contributed by atoms with van der Waals surface area (Å²) >= 11 is 1.66. The van der Waals surface area contributed by atoms with Crippen molar-refractivity contribution in [2.75, 3.05) is 13.7 Å². The second-order valence-corrected chi connectivity index (χ2v) is 5.75. The van der Waals surface area contributed by atoms with E-state index >= 15 is 0 Å². The SMILES string of the molecule is CCNC(Cc1cn2ccsc2n1)c1ccccc1OC. The Morgan fingerprint density at radius 2 is 2.24 bits per heavy atom. The van der Waals surface area contributed by atoms with Crippen LogP contribution in [0.2, 0.25) is 0 Å². The maximum Gasteiger partial charge on any atom is 0.193 e. The van der Waals surface area contributed by atoms with Crippen molar-refractivity contribution in [2.45, 2.75) is 19.4 Å². The van der Waals surface area contributed by atoms with Crippen LogP contribution in [0.3, 0.4) is 0 Å². The predicted molar refractivity (Wildman–Crippen MR) is 86.2 cm³/mol. The Labute approximate surface area is 128 Å². The molecule has 21 heavy (non-hydrogen) atoms. The minimum Gasteiger partial charge on any atom is -0.496 e. The fourth-order valence-electron chi connectivity index (χ4n) is 2.58. The molecular formula is C16H19N3OS. The first-order valence-electron chi connectivity index (χ1n) is 7.09. The van der Waals surface area contributed by atoms with Crippen LogP contribution in [-0.2, 0) is 6.42 Å². The number of methoxy groups -OCH3 is 1. The van der Waals surface area contributed by atoms with Crippen LogP contribution < -0.4 is 10.1 Å². The lowest BCUT2D eigenvalue weighted by Crippen LogP contribution is -2.23. The van der Waals surface area contributed by atoms with Gasteiger partial charge in [0, 0.05) is 35.8 Å². The van der Waals surface area contributed by atoms with Crippen molar-refractivity contribution < 1.29 is 4.74 Å². The van der Waals surface area contributed by atoms with Gasteiger partial charge in [0.2, 0.25) is 0 Å². The normalized spacial score (nSPS) is 12.7. The van der Waals surface area contributed by atoms with Crippen LogP contribution in [-0.4, -0.2) is 23.0 Å². The number of likely N-dealkylation sites (N-methyl/N-ethyl adjacent to an activating group) is 1. The maximum absolute atomic E-state index is 5.49. The Morgan fingerprint density at radius 3 is 3.00 bits per heavy atom. The molecule has 0 aliphatic carbocycles. The number of rotatable bonds is 6. The third kappa shape index (κ3) is 2.94. The molecule has 3 rings (SSSR count). The first kappa shape index (κ1) is 14.1. The number of para-hydroxylation sites is 1. The van der Waals surface area contributed by atoms with E-state index in [0.717, 1.165) is 29.4 Å². The van der Waals surface area contributed by atoms with Gasteiger partial charge in [0.15, 0.2) is 4.96 Å². The summed E-state index contributed by atoms with van der Waals surface area (Å²) in [5.41, 5.74) is 2.27. The Bertz CT molecular complexity index is 690. The van der Waals surface area contributed by atoms with E-state index in [4.69, 9.17) is 4.74 Å². The van der Waals surface area contributed by atoms with Crippen LogP contribution >= 0.6 is 11.3 Å². The molecule has 0 radical (unpaired) electrons. The average molecular weight is 301 g/mol.